The van der Waals surface area contributed by atoms with Crippen LogP contribution >= 0.6 is 0 Å². The summed E-state index contributed by atoms with van der Waals surface area (Å²) in [6.07, 6.45) is 0. The fourth-order valence-corrected chi connectivity index (χ4v) is 3.53. The second-order valence-electron chi connectivity index (χ2n) is 6.26. The number of carbonyl (C=O) groups excluding carboxylic acids is 2. The van der Waals surface area contributed by atoms with Crippen molar-refractivity contribution in [3.8, 4) is 22.9 Å². The Hall–Kier alpha value is -3.55. The van der Waals surface area contributed by atoms with Crippen LogP contribution in [-0.4, -0.2) is 49.3 Å². The monoisotopic (exact) mass is 381 g/mol. The third-order valence-electron chi connectivity index (χ3n) is 4.79. The Morgan fingerprint density at radius 1 is 1.14 bits per heavy atom. The molecule has 1 N–H and O–H groups in total. The lowest BCUT2D eigenvalue weighted by Crippen LogP contribution is -2.24. The third-order valence-corrected chi connectivity index (χ3v) is 4.79. The largest absolute Gasteiger partial charge is 0.497 e. The summed E-state index contributed by atoms with van der Waals surface area (Å²) in [4.78, 5) is 29.7. The van der Waals surface area contributed by atoms with Gasteiger partial charge in [-0.3, -0.25) is 4.79 Å². The Bertz CT molecular complexity index is 1100. The first-order valence-electron chi connectivity index (χ1n) is 8.71. The maximum Gasteiger partial charge on any atom is 0.342 e. The zero-order valence-electron chi connectivity index (χ0n) is 15.7. The van der Waals surface area contributed by atoms with Crippen molar-refractivity contribution < 1.29 is 23.8 Å². The molecule has 0 spiro atoms. The Balaban J connectivity index is 2.08. The van der Waals surface area contributed by atoms with Crippen LogP contribution in [0.15, 0.2) is 30.3 Å². The van der Waals surface area contributed by atoms with Gasteiger partial charge in [-0.25, -0.2) is 9.78 Å². The molecule has 4 rings (SSSR count). The molecule has 1 aliphatic heterocycles. The highest BCUT2D eigenvalue weighted by Gasteiger charge is 2.27. The van der Waals surface area contributed by atoms with Gasteiger partial charge < -0.3 is 24.1 Å². The minimum atomic E-state index is -0.544. The summed E-state index contributed by atoms with van der Waals surface area (Å²) in [5.74, 6) is 0.688. The molecule has 28 heavy (non-hydrogen) atoms. The van der Waals surface area contributed by atoms with Gasteiger partial charge in [0.05, 0.1) is 37.9 Å². The van der Waals surface area contributed by atoms with Gasteiger partial charge in [0.25, 0.3) is 5.91 Å². The van der Waals surface area contributed by atoms with Gasteiger partial charge in [-0.1, -0.05) is 6.07 Å². The lowest BCUT2D eigenvalue weighted by molar-refractivity contribution is 0.0597. The molecule has 0 saturated carbocycles. The van der Waals surface area contributed by atoms with Crippen LogP contribution in [0.5, 0.6) is 11.5 Å². The van der Waals surface area contributed by atoms with E-state index in [9.17, 15) is 9.59 Å². The van der Waals surface area contributed by atoms with Gasteiger partial charge in [0.15, 0.2) is 0 Å². The highest BCUT2D eigenvalue weighted by atomic mass is 16.5. The number of hydrogen-bond donors (Lipinski definition) is 1. The van der Waals surface area contributed by atoms with Gasteiger partial charge in [-0.05, 0) is 18.2 Å². The van der Waals surface area contributed by atoms with Gasteiger partial charge in [0.2, 0.25) is 0 Å². The second-order valence-corrected chi connectivity index (χ2v) is 6.26. The lowest BCUT2D eigenvalue weighted by Gasteiger charge is -2.15. The molecule has 1 aliphatic rings. The number of aromatic nitrogens is 2. The summed E-state index contributed by atoms with van der Waals surface area (Å²) >= 11 is 0. The zero-order valence-corrected chi connectivity index (χ0v) is 15.7. The van der Waals surface area contributed by atoms with Crippen LogP contribution < -0.4 is 14.8 Å². The zero-order chi connectivity index (χ0) is 19.8. The maximum absolute atomic E-state index is 12.6. The standard InChI is InChI=1S/C20H19N3O5/c1-26-11-9-13(16(20(25)28-3)15(10-11)27-2)18-22-14-6-4-5-12-17(14)23(18)8-7-21-19(12)24/h4-6,9-10H,7-8H2,1-3H3,(H,21,24). The van der Waals surface area contributed by atoms with Crippen molar-refractivity contribution in [2.45, 2.75) is 6.54 Å². The van der Waals surface area contributed by atoms with Crippen LogP contribution in [0.4, 0.5) is 0 Å². The number of amides is 1. The highest BCUT2D eigenvalue weighted by molar-refractivity contribution is 6.07. The van der Waals surface area contributed by atoms with E-state index in [4.69, 9.17) is 19.2 Å². The average molecular weight is 381 g/mol. The van der Waals surface area contributed by atoms with Crippen LogP contribution in [-0.2, 0) is 11.3 Å². The van der Waals surface area contributed by atoms with Crippen LogP contribution in [0.2, 0.25) is 0 Å². The number of esters is 1. The number of methoxy groups -OCH3 is 3. The summed E-state index contributed by atoms with van der Waals surface area (Å²) in [6, 6.07) is 8.73. The maximum atomic E-state index is 12.6. The Labute approximate surface area is 161 Å². The van der Waals surface area contributed by atoms with E-state index >= 15 is 0 Å². The van der Waals surface area contributed by atoms with Crippen molar-refractivity contribution in [3.63, 3.8) is 0 Å². The Morgan fingerprint density at radius 3 is 2.68 bits per heavy atom. The van der Waals surface area contributed by atoms with Gasteiger partial charge >= 0.3 is 5.97 Å². The number of ether oxygens (including phenoxy) is 3. The van der Waals surface area contributed by atoms with E-state index in [-0.39, 0.29) is 11.5 Å². The van der Waals surface area contributed by atoms with Crippen molar-refractivity contribution in [1.82, 2.24) is 14.9 Å². The van der Waals surface area contributed by atoms with Crippen molar-refractivity contribution in [2.75, 3.05) is 27.9 Å². The Kier molecular flexibility index (Phi) is 4.38. The minimum absolute atomic E-state index is 0.146. The summed E-state index contributed by atoms with van der Waals surface area (Å²) in [6.45, 7) is 0.954. The van der Waals surface area contributed by atoms with E-state index in [0.29, 0.717) is 47.1 Å². The smallest absolute Gasteiger partial charge is 0.342 e. The second kappa shape index (κ2) is 6.88. The van der Waals surface area contributed by atoms with Crippen LogP contribution in [0.25, 0.3) is 22.4 Å². The summed E-state index contributed by atoms with van der Waals surface area (Å²) in [5.41, 5.74) is 2.71. The number of rotatable bonds is 4. The number of para-hydroxylation sites is 1. The average Bonchev–Trinajstić information content (AvgIpc) is 3.01. The fraction of sp³-hybridized carbons (Fsp3) is 0.250. The molecule has 0 fully saturated rings. The quantitative estimate of drug-likeness (QED) is 0.697. The van der Waals surface area contributed by atoms with E-state index < -0.39 is 5.97 Å². The fourth-order valence-electron chi connectivity index (χ4n) is 3.53. The number of imidazole rings is 1. The molecule has 0 atom stereocenters. The predicted octanol–water partition coefficient (Wildman–Crippen LogP) is 2.25. The number of hydrogen-bond acceptors (Lipinski definition) is 6. The van der Waals surface area contributed by atoms with E-state index in [0.717, 1.165) is 5.52 Å². The molecule has 2 heterocycles. The first-order valence-corrected chi connectivity index (χ1v) is 8.71. The number of nitrogens with one attached hydrogen (secondary N) is 1. The molecule has 0 radical (unpaired) electrons. The van der Waals surface area contributed by atoms with Crippen molar-refractivity contribution in [3.05, 3.63) is 41.5 Å². The van der Waals surface area contributed by atoms with E-state index in [1.807, 2.05) is 10.6 Å². The molecule has 1 aromatic heterocycles. The minimum Gasteiger partial charge on any atom is -0.497 e. The molecule has 3 aromatic rings. The molecule has 8 heteroatoms. The number of carbonyl (C=O) groups is 2. The SMILES string of the molecule is COC(=O)c1c(OC)cc(OC)cc1-c1nc2cccc3c2n1CCNC3=O. The molecule has 144 valence electrons. The summed E-state index contributed by atoms with van der Waals surface area (Å²) < 4.78 is 17.7. The van der Waals surface area contributed by atoms with Crippen molar-refractivity contribution in [1.29, 1.82) is 0 Å². The molecule has 0 saturated heterocycles. The van der Waals surface area contributed by atoms with Crippen LogP contribution in [0.1, 0.15) is 20.7 Å². The molecule has 0 unspecified atom stereocenters. The molecule has 1 amide bonds. The first kappa shape index (κ1) is 17.8. The van der Waals surface area contributed by atoms with E-state index in [1.54, 1.807) is 24.3 Å². The molecule has 8 nitrogen and oxygen atoms in total. The molecular weight excluding hydrogens is 362 g/mol. The molecular formula is C20H19N3O5. The van der Waals surface area contributed by atoms with Crippen molar-refractivity contribution in [2.24, 2.45) is 0 Å². The summed E-state index contributed by atoms with van der Waals surface area (Å²) in [7, 11) is 4.32. The van der Waals surface area contributed by atoms with E-state index in [2.05, 4.69) is 5.32 Å². The third kappa shape index (κ3) is 2.65. The van der Waals surface area contributed by atoms with Gasteiger partial charge in [0.1, 0.15) is 22.9 Å². The Morgan fingerprint density at radius 2 is 1.96 bits per heavy atom. The topological polar surface area (TPSA) is 91.7 Å². The van der Waals surface area contributed by atoms with Crippen molar-refractivity contribution >= 4 is 22.9 Å². The highest BCUT2D eigenvalue weighted by Crippen LogP contribution is 2.37. The number of nitrogens with zero attached hydrogens (tertiary/aromatic N) is 2. The summed E-state index contributed by atoms with van der Waals surface area (Å²) in [5, 5.41) is 2.88. The van der Waals surface area contributed by atoms with Crippen LogP contribution in [0, 0.1) is 0 Å². The molecule has 0 aliphatic carbocycles. The van der Waals surface area contributed by atoms with Gasteiger partial charge in [-0.15, -0.1) is 0 Å². The first-order chi connectivity index (χ1) is 13.6. The lowest BCUT2D eigenvalue weighted by atomic mass is 10.0. The normalized spacial score (nSPS) is 13.0. The van der Waals surface area contributed by atoms with E-state index in [1.165, 1.54) is 21.3 Å². The van der Waals surface area contributed by atoms with Gasteiger partial charge in [-0.2, -0.15) is 0 Å². The predicted molar refractivity (Wildman–Crippen MR) is 102 cm³/mol. The molecule has 2 aromatic carbocycles. The van der Waals surface area contributed by atoms with Gasteiger partial charge in [0, 0.05) is 24.7 Å². The van der Waals surface area contributed by atoms with Crippen LogP contribution in [0.3, 0.4) is 0 Å². The molecule has 0 bridgehead atoms. The number of benzene rings is 2.